The van der Waals surface area contributed by atoms with Crippen molar-refractivity contribution >= 4 is 28.9 Å². The molecule has 0 atom stereocenters. The maximum atomic E-state index is 13.0. The molecule has 0 aromatic heterocycles. The molecule has 4 nitrogen and oxygen atoms in total. The van der Waals surface area contributed by atoms with E-state index in [-0.39, 0.29) is 17.5 Å². The van der Waals surface area contributed by atoms with E-state index in [0.717, 1.165) is 0 Å². The number of nitrogens with one attached hydrogen (secondary N) is 2. The molecule has 2 rings (SSSR count). The van der Waals surface area contributed by atoms with Crippen molar-refractivity contribution in [2.75, 3.05) is 23.8 Å². The van der Waals surface area contributed by atoms with Crippen molar-refractivity contribution in [2.45, 2.75) is 0 Å². The molecular weight excluding hydrogens is 319 g/mol. The smallest absolute Gasteiger partial charge is 0.243 e. The molecule has 0 fully saturated rings. The Morgan fingerprint density at radius 3 is 2.57 bits per heavy atom. The molecule has 0 radical (unpaired) electrons. The molecule has 1 amide bonds. The van der Waals surface area contributed by atoms with Gasteiger partial charge in [0.25, 0.3) is 0 Å². The van der Waals surface area contributed by atoms with Crippen LogP contribution in [0.5, 0.6) is 5.75 Å². The number of halogens is 2. The van der Waals surface area contributed by atoms with Crippen molar-refractivity contribution in [3.05, 3.63) is 66.0 Å². The highest BCUT2D eigenvalue weighted by Crippen LogP contribution is 2.19. The SMILES string of the molecule is C=CCOc1ccc(NC(=O)CNc2ccc(F)c(Cl)c2)cc1. The lowest BCUT2D eigenvalue weighted by Gasteiger charge is -2.09. The van der Waals surface area contributed by atoms with Crippen LogP contribution < -0.4 is 15.4 Å². The Morgan fingerprint density at radius 1 is 1.22 bits per heavy atom. The van der Waals surface area contributed by atoms with Crippen LogP contribution in [-0.4, -0.2) is 19.1 Å². The van der Waals surface area contributed by atoms with E-state index in [1.54, 1.807) is 30.3 Å². The molecule has 0 unspecified atom stereocenters. The quantitative estimate of drug-likeness (QED) is 0.750. The van der Waals surface area contributed by atoms with Gasteiger partial charge in [-0.1, -0.05) is 24.3 Å². The predicted molar refractivity (Wildman–Crippen MR) is 90.7 cm³/mol. The van der Waals surface area contributed by atoms with Gasteiger partial charge in [-0.15, -0.1) is 0 Å². The molecule has 2 aromatic carbocycles. The number of carbonyl (C=O) groups excluding carboxylic acids is 1. The van der Waals surface area contributed by atoms with Crippen molar-refractivity contribution in [2.24, 2.45) is 0 Å². The van der Waals surface area contributed by atoms with Crippen LogP contribution in [0.25, 0.3) is 0 Å². The van der Waals surface area contributed by atoms with Crippen LogP contribution >= 0.6 is 11.6 Å². The highest BCUT2D eigenvalue weighted by Gasteiger charge is 2.05. The zero-order valence-electron chi connectivity index (χ0n) is 12.3. The van der Waals surface area contributed by atoms with Gasteiger partial charge < -0.3 is 15.4 Å². The van der Waals surface area contributed by atoms with E-state index >= 15 is 0 Å². The van der Waals surface area contributed by atoms with Crippen LogP contribution in [0.3, 0.4) is 0 Å². The number of hydrogen-bond acceptors (Lipinski definition) is 3. The molecule has 0 heterocycles. The number of anilines is 2. The van der Waals surface area contributed by atoms with Crippen molar-refractivity contribution in [3.63, 3.8) is 0 Å². The lowest BCUT2D eigenvalue weighted by molar-refractivity contribution is -0.114. The van der Waals surface area contributed by atoms with Crippen molar-refractivity contribution < 1.29 is 13.9 Å². The number of benzene rings is 2. The van der Waals surface area contributed by atoms with Gasteiger partial charge in [0.2, 0.25) is 5.91 Å². The monoisotopic (exact) mass is 334 g/mol. The molecule has 0 bridgehead atoms. The molecule has 0 aliphatic carbocycles. The lowest BCUT2D eigenvalue weighted by Crippen LogP contribution is -2.21. The Balaban J connectivity index is 1.84. The normalized spacial score (nSPS) is 10.0. The summed E-state index contributed by atoms with van der Waals surface area (Å²) in [6.07, 6.45) is 1.66. The lowest BCUT2D eigenvalue weighted by atomic mass is 10.3. The minimum Gasteiger partial charge on any atom is -0.490 e. The average molecular weight is 335 g/mol. The summed E-state index contributed by atoms with van der Waals surface area (Å²) in [7, 11) is 0. The summed E-state index contributed by atoms with van der Waals surface area (Å²) in [4.78, 5) is 11.9. The molecule has 6 heteroatoms. The summed E-state index contributed by atoms with van der Waals surface area (Å²) in [5, 5.41) is 5.62. The summed E-state index contributed by atoms with van der Waals surface area (Å²) in [6, 6.07) is 11.2. The topological polar surface area (TPSA) is 50.4 Å². The fourth-order valence-electron chi connectivity index (χ4n) is 1.78. The second kappa shape index (κ2) is 8.19. The van der Waals surface area contributed by atoms with Crippen molar-refractivity contribution in [3.8, 4) is 5.75 Å². The molecular formula is C17H16ClFN2O2. The van der Waals surface area contributed by atoms with Crippen LogP contribution in [0.4, 0.5) is 15.8 Å². The first-order valence-corrected chi connectivity index (χ1v) is 7.29. The van der Waals surface area contributed by atoms with E-state index in [2.05, 4.69) is 17.2 Å². The number of hydrogen-bond donors (Lipinski definition) is 2. The van der Waals surface area contributed by atoms with Gasteiger partial charge in [-0.3, -0.25) is 4.79 Å². The summed E-state index contributed by atoms with van der Waals surface area (Å²) in [6.45, 7) is 4.04. The van der Waals surface area contributed by atoms with E-state index in [1.165, 1.54) is 18.2 Å². The third-order valence-corrected chi connectivity index (χ3v) is 3.17. The van der Waals surface area contributed by atoms with E-state index in [1.807, 2.05) is 0 Å². The number of carbonyl (C=O) groups is 1. The van der Waals surface area contributed by atoms with Gasteiger partial charge in [-0.05, 0) is 42.5 Å². The van der Waals surface area contributed by atoms with E-state index < -0.39 is 5.82 Å². The van der Waals surface area contributed by atoms with E-state index in [4.69, 9.17) is 16.3 Å². The van der Waals surface area contributed by atoms with E-state index in [0.29, 0.717) is 23.7 Å². The third kappa shape index (κ3) is 5.30. The molecule has 23 heavy (non-hydrogen) atoms. The Hall–Kier alpha value is -2.53. The van der Waals surface area contributed by atoms with Gasteiger partial charge in [0.15, 0.2) is 0 Å². The number of rotatable bonds is 7. The molecule has 0 saturated carbocycles. The number of ether oxygens (including phenoxy) is 1. The molecule has 0 aliphatic heterocycles. The van der Waals surface area contributed by atoms with Gasteiger partial charge in [0.05, 0.1) is 11.6 Å². The largest absolute Gasteiger partial charge is 0.490 e. The minimum absolute atomic E-state index is 0.00511. The zero-order chi connectivity index (χ0) is 16.7. The van der Waals surface area contributed by atoms with Crippen LogP contribution in [0.2, 0.25) is 5.02 Å². The first-order valence-electron chi connectivity index (χ1n) is 6.91. The molecule has 2 aromatic rings. The fourth-order valence-corrected chi connectivity index (χ4v) is 1.96. The first-order chi connectivity index (χ1) is 11.1. The summed E-state index contributed by atoms with van der Waals surface area (Å²) >= 11 is 5.68. The Bertz CT molecular complexity index is 689. The third-order valence-electron chi connectivity index (χ3n) is 2.88. The zero-order valence-corrected chi connectivity index (χ0v) is 13.1. The summed E-state index contributed by atoms with van der Waals surface area (Å²) < 4.78 is 18.4. The molecule has 0 aliphatic rings. The molecule has 0 saturated heterocycles. The van der Waals surface area contributed by atoms with Gasteiger partial charge >= 0.3 is 0 Å². The van der Waals surface area contributed by atoms with Crippen LogP contribution in [0, 0.1) is 5.82 Å². The average Bonchev–Trinajstić information content (AvgIpc) is 2.55. The first kappa shape index (κ1) is 16.8. The molecule has 2 N–H and O–H groups in total. The second-order valence-corrected chi connectivity index (χ2v) is 5.06. The minimum atomic E-state index is -0.500. The fraction of sp³-hybridized carbons (Fsp3) is 0.118. The highest BCUT2D eigenvalue weighted by atomic mass is 35.5. The van der Waals surface area contributed by atoms with Crippen LogP contribution in [-0.2, 0) is 4.79 Å². The van der Waals surface area contributed by atoms with Gasteiger partial charge in [0, 0.05) is 11.4 Å². The van der Waals surface area contributed by atoms with Gasteiger partial charge in [-0.2, -0.15) is 0 Å². The Kier molecular flexibility index (Phi) is 6.00. The van der Waals surface area contributed by atoms with Gasteiger partial charge in [0.1, 0.15) is 18.2 Å². The molecule has 0 spiro atoms. The maximum absolute atomic E-state index is 13.0. The Morgan fingerprint density at radius 2 is 1.91 bits per heavy atom. The Labute approximate surface area is 138 Å². The van der Waals surface area contributed by atoms with E-state index in [9.17, 15) is 9.18 Å². The second-order valence-electron chi connectivity index (χ2n) is 4.65. The highest BCUT2D eigenvalue weighted by molar-refractivity contribution is 6.31. The number of amides is 1. The standard InChI is InChI=1S/C17H16ClFN2O2/c1-2-9-23-14-6-3-12(4-7-14)21-17(22)11-20-13-5-8-16(19)15(18)10-13/h2-8,10,20H,1,9,11H2,(H,21,22). The van der Waals surface area contributed by atoms with Crippen LogP contribution in [0.1, 0.15) is 0 Å². The van der Waals surface area contributed by atoms with Crippen molar-refractivity contribution in [1.29, 1.82) is 0 Å². The van der Waals surface area contributed by atoms with Crippen molar-refractivity contribution in [1.82, 2.24) is 0 Å². The summed E-state index contributed by atoms with van der Waals surface area (Å²) in [5.41, 5.74) is 1.22. The van der Waals surface area contributed by atoms with Gasteiger partial charge in [-0.25, -0.2) is 4.39 Å². The molecule has 120 valence electrons. The predicted octanol–water partition coefficient (Wildman–Crippen LogP) is 4.09. The van der Waals surface area contributed by atoms with Crippen LogP contribution in [0.15, 0.2) is 55.1 Å². The maximum Gasteiger partial charge on any atom is 0.243 e. The summed E-state index contributed by atoms with van der Waals surface area (Å²) in [5.74, 6) is -0.0346.